The molecule has 2 aromatic rings. The van der Waals surface area contributed by atoms with Gasteiger partial charge in [-0.2, -0.15) is 5.10 Å². The Labute approximate surface area is 130 Å². The average Bonchev–Trinajstić information content (AvgIpc) is 2.88. The fourth-order valence-corrected chi connectivity index (χ4v) is 1.95. The fraction of sp³-hybridized carbons (Fsp3) is 0.214. The van der Waals surface area contributed by atoms with Gasteiger partial charge in [0.1, 0.15) is 6.04 Å². The van der Waals surface area contributed by atoms with Gasteiger partial charge in [-0.25, -0.2) is 14.5 Å². The van der Waals surface area contributed by atoms with Crippen LogP contribution in [0.2, 0.25) is 0 Å². The molecule has 0 radical (unpaired) electrons. The van der Waals surface area contributed by atoms with Crippen LogP contribution in [-0.4, -0.2) is 48.9 Å². The van der Waals surface area contributed by atoms with Crippen molar-refractivity contribution in [3.05, 3.63) is 41.9 Å². The minimum absolute atomic E-state index is 0.146. The van der Waals surface area contributed by atoms with E-state index < -0.39 is 30.3 Å². The van der Waals surface area contributed by atoms with Crippen LogP contribution in [0, 0.1) is 6.92 Å². The number of hydrogen-bond acceptors (Lipinski definition) is 5. The molecule has 1 atom stereocenters. The van der Waals surface area contributed by atoms with Gasteiger partial charge in [-0.15, -0.1) is 0 Å². The normalized spacial score (nSPS) is 11.7. The number of rotatable bonds is 6. The highest BCUT2D eigenvalue weighted by Gasteiger charge is 2.25. The van der Waals surface area contributed by atoms with E-state index in [-0.39, 0.29) is 5.56 Å². The lowest BCUT2D eigenvalue weighted by atomic mass is 10.2. The van der Waals surface area contributed by atoms with Crippen LogP contribution >= 0.6 is 0 Å². The van der Waals surface area contributed by atoms with Gasteiger partial charge in [0, 0.05) is 6.20 Å². The zero-order valence-corrected chi connectivity index (χ0v) is 12.1. The van der Waals surface area contributed by atoms with Crippen molar-refractivity contribution >= 4 is 17.8 Å². The van der Waals surface area contributed by atoms with E-state index in [0.717, 1.165) is 0 Å². The second-order valence-corrected chi connectivity index (χ2v) is 4.71. The Kier molecular flexibility index (Phi) is 4.69. The van der Waals surface area contributed by atoms with Gasteiger partial charge >= 0.3 is 11.9 Å². The molecule has 0 aliphatic carbocycles. The van der Waals surface area contributed by atoms with Gasteiger partial charge in [-0.1, -0.05) is 6.07 Å². The van der Waals surface area contributed by atoms with Gasteiger partial charge in [0.05, 0.1) is 23.9 Å². The zero-order chi connectivity index (χ0) is 17.0. The number of carboxylic acid groups (broad SMARTS) is 2. The van der Waals surface area contributed by atoms with Crippen molar-refractivity contribution in [3.8, 4) is 5.82 Å². The number of nitrogens with zero attached hydrogens (tertiary/aromatic N) is 3. The van der Waals surface area contributed by atoms with E-state index in [1.165, 1.54) is 10.9 Å². The number of carboxylic acids is 2. The molecule has 0 saturated carbocycles. The topological polar surface area (TPSA) is 134 Å². The molecule has 1 amide bonds. The maximum Gasteiger partial charge on any atom is 0.326 e. The Balaban J connectivity index is 2.22. The Morgan fingerprint density at radius 1 is 1.30 bits per heavy atom. The van der Waals surface area contributed by atoms with Crippen molar-refractivity contribution in [1.82, 2.24) is 20.1 Å². The Bertz CT molecular complexity index is 741. The third-order valence-corrected chi connectivity index (χ3v) is 3.10. The molecule has 0 saturated heterocycles. The van der Waals surface area contributed by atoms with E-state index in [1.54, 1.807) is 31.3 Å². The molecular weight excluding hydrogens is 304 g/mol. The van der Waals surface area contributed by atoms with E-state index in [9.17, 15) is 14.4 Å². The Morgan fingerprint density at radius 3 is 2.61 bits per heavy atom. The van der Waals surface area contributed by atoms with Crippen LogP contribution in [-0.2, 0) is 9.59 Å². The molecule has 23 heavy (non-hydrogen) atoms. The fourth-order valence-electron chi connectivity index (χ4n) is 1.95. The molecule has 0 bridgehead atoms. The minimum Gasteiger partial charge on any atom is -0.481 e. The van der Waals surface area contributed by atoms with Crippen molar-refractivity contribution in [2.45, 2.75) is 19.4 Å². The predicted octanol–water partition coefficient (Wildman–Crippen LogP) is 0.233. The van der Waals surface area contributed by atoms with E-state index in [0.29, 0.717) is 11.5 Å². The largest absolute Gasteiger partial charge is 0.481 e. The first-order valence-corrected chi connectivity index (χ1v) is 6.61. The van der Waals surface area contributed by atoms with Gasteiger partial charge in [0.25, 0.3) is 5.91 Å². The molecule has 0 aromatic carbocycles. The summed E-state index contributed by atoms with van der Waals surface area (Å²) in [6, 6.07) is 3.68. The van der Waals surface area contributed by atoms with E-state index in [2.05, 4.69) is 15.4 Å². The summed E-state index contributed by atoms with van der Waals surface area (Å²) in [5.74, 6) is -2.95. The number of amides is 1. The lowest BCUT2D eigenvalue weighted by molar-refractivity contribution is -0.145. The number of hydrogen-bond donors (Lipinski definition) is 3. The highest BCUT2D eigenvalue weighted by atomic mass is 16.4. The SMILES string of the molecule is Cc1c(C(=O)NC(CC(=O)O)C(=O)O)cnn1-c1ccccn1. The van der Waals surface area contributed by atoms with Gasteiger partial charge < -0.3 is 15.5 Å². The van der Waals surface area contributed by atoms with Crippen LogP contribution in [0.5, 0.6) is 0 Å². The molecule has 9 heteroatoms. The highest BCUT2D eigenvalue weighted by molar-refractivity contribution is 5.98. The molecule has 0 fully saturated rings. The smallest absolute Gasteiger partial charge is 0.326 e. The molecule has 3 N–H and O–H groups in total. The van der Waals surface area contributed by atoms with Gasteiger partial charge in [0.15, 0.2) is 5.82 Å². The first-order chi connectivity index (χ1) is 10.9. The molecule has 0 aliphatic rings. The third-order valence-electron chi connectivity index (χ3n) is 3.10. The molecule has 2 heterocycles. The quantitative estimate of drug-likeness (QED) is 0.694. The summed E-state index contributed by atoms with van der Waals surface area (Å²) in [6.07, 6.45) is 2.14. The lowest BCUT2D eigenvalue weighted by Gasteiger charge is -2.12. The Hall–Kier alpha value is -3.23. The molecule has 1 unspecified atom stereocenters. The second kappa shape index (κ2) is 6.69. The number of carbonyl (C=O) groups is 3. The van der Waals surface area contributed by atoms with Crippen LogP contribution in [0.25, 0.3) is 5.82 Å². The molecule has 2 rings (SSSR count). The second-order valence-electron chi connectivity index (χ2n) is 4.71. The van der Waals surface area contributed by atoms with E-state index in [4.69, 9.17) is 10.2 Å². The summed E-state index contributed by atoms with van der Waals surface area (Å²) < 4.78 is 1.43. The Morgan fingerprint density at radius 2 is 2.04 bits per heavy atom. The van der Waals surface area contributed by atoms with E-state index in [1.807, 2.05) is 0 Å². The van der Waals surface area contributed by atoms with Gasteiger partial charge in [-0.3, -0.25) is 9.59 Å². The van der Waals surface area contributed by atoms with Crippen LogP contribution < -0.4 is 5.32 Å². The van der Waals surface area contributed by atoms with E-state index >= 15 is 0 Å². The maximum absolute atomic E-state index is 12.2. The van der Waals surface area contributed by atoms with Crippen molar-refractivity contribution in [3.63, 3.8) is 0 Å². The summed E-state index contributed by atoms with van der Waals surface area (Å²) in [6.45, 7) is 1.63. The van der Waals surface area contributed by atoms with Crippen LogP contribution in [0.15, 0.2) is 30.6 Å². The molecule has 0 spiro atoms. The number of carbonyl (C=O) groups excluding carboxylic acids is 1. The maximum atomic E-state index is 12.2. The summed E-state index contributed by atoms with van der Waals surface area (Å²) >= 11 is 0. The first kappa shape index (κ1) is 16.1. The molecule has 2 aromatic heterocycles. The predicted molar refractivity (Wildman–Crippen MR) is 77.2 cm³/mol. The van der Waals surface area contributed by atoms with Crippen LogP contribution in [0.1, 0.15) is 22.5 Å². The lowest BCUT2D eigenvalue weighted by Crippen LogP contribution is -2.42. The number of nitrogens with one attached hydrogen (secondary N) is 1. The highest BCUT2D eigenvalue weighted by Crippen LogP contribution is 2.12. The van der Waals surface area contributed by atoms with Crippen molar-refractivity contribution in [2.75, 3.05) is 0 Å². The van der Waals surface area contributed by atoms with Crippen molar-refractivity contribution < 1.29 is 24.6 Å². The van der Waals surface area contributed by atoms with Crippen LogP contribution in [0.4, 0.5) is 0 Å². The first-order valence-electron chi connectivity index (χ1n) is 6.61. The summed E-state index contributed by atoms with van der Waals surface area (Å²) in [4.78, 5) is 37.9. The molecule has 120 valence electrons. The molecule has 9 nitrogen and oxygen atoms in total. The molecule has 0 aliphatic heterocycles. The molecular formula is C14H14N4O5. The summed E-state index contributed by atoms with van der Waals surface area (Å²) in [7, 11) is 0. The zero-order valence-electron chi connectivity index (χ0n) is 12.1. The number of pyridine rings is 1. The van der Waals surface area contributed by atoms with Gasteiger partial charge in [0.2, 0.25) is 0 Å². The minimum atomic E-state index is -1.52. The number of aliphatic carboxylic acids is 2. The third kappa shape index (κ3) is 3.70. The standard InChI is InChI=1S/C14H14N4O5/c1-8-9(7-16-18(8)11-4-2-3-5-15-11)13(21)17-10(14(22)23)6-12(19)20/h2-5,7,10H,6H2,1H3,(H,17,21)(H,19,20)(H,22,23). The summed E-state index contributed by atoms with van der Waals surface area (Å²) in [5, 5.41) is 23.9. The van der Waals surface area contributed by atoms with Crippen molar-refractivity contribution in [2.24, 2.45) is 0 Å². The van der Waals surface area contributed by atoms with Crippen LogP contribution in [0.3, 0.4) is 0 Å². The average molecular weight is 318 g/mol. The number of aromatic nitrogens is 3. The monoisotopic (exact) mass is 318 g/mol. The van der Waals surface area contributed by atoms with Gasteiger partial charge in [-0.05, 0) is 19.1 Å². The summed E-state index contributed by atoms with van der Waals surface area (Å²) in [5.41, 5.74) is 0.605. The van der Waals surface area contributed by atoms with Crippen molar-refractivity contribution in [1.29, 1.82) is 0 Å².